The summed E-state index contributed by atoms with van der Waals surface area (Å²) in [6, 6.07) is 5.72. The first-order valence-electron chi connectivity index (χ1n) is 3.79. The number of ether oxygens (including phenoxy) is 1. The molecule has 0 saturated carbocycles. The van der Waals surface area contributed by atoms with Crippen LogP contribution in [0.25, 0.3) is 0 Å². The Labute approximate surface area is 82.3 Å². The number of thiocarbonyl (C=S) groups is 1. The molecule has 0 spiro atoms. The molecule has 2 N–H and O–H groups in total. The average molecular weight is 197 g/mol. The van der Waals surface area contributed by atoms with Crippen LogP contribution in [0.3, 0.4) is 0 Å². The van der Waals surface area contributed by atoms with Gasteiger partial charge < -0.3 is 4.74 Å². The molecule has 1 rings (SSSR count). The number of nitrogens with zero attached hydrogens (tertiary/aromatic N) is 1. The van der Waals surface area contributed by atoms with E-state index in [0.717, 1.165) is 5.69 Å². The van der Waals surface area contributed by atoms with Gasteiger partial charge in [0.05, 0.1) is 19.3 Å². The first-order chi connectivity index (χ1) is 6.33. The normalized spacial score (nSPS) is 9.31. The number of rotatable bonds is 3. The van der Waals surface area contributed by atoms with Crippen LogP contribution < -0.4 is 10.9 Å². The number of pyridine rings is 1. The molecule has 1 aromatic rings. The molecule has 0 aliphatic carbocycles. The molecule has 0 fully saturated rings. The van der Waals surface area contributed by atoms with Crippen molar-refractivity contribution in [3.05, 3.63) is 30.1 Å². The molecule has 0 unspecified atom stereocenters. The lowest BCUT2D eigenvalue weighted by Gasteiger charge is -2.06. The maximum atomic E-state index is 4.75. The molecule has 13 heavy (non-hydrogen) atoms. The maximum absolute atomic E-state index is 4.75. The summed E-state index contributed by atoms with van der Waals surface area (Å²) < 4.78 is 4.73. The zero-order chi connectivity index (χ0) is 9.52. The fourth-order valence-corrected chi connectivity index (χ4v) is 0.833. The molecule has 0 atom stereocenters. The standard InChI is InChI=1S/C8H11N3OS/c1-12-8(13)11-10-6-7-4-2-3-5-9-7/h2-5,10H,6H2,1H3,(H,11,13). The van der Waals surface area contributed by atoms with E-state index in [2.05, 4.69) is 15.8 Å². The highest BCUT2D eigenvalue weighted by Crippen LogP contribution is 1.90. The molecule has 0 aromatic carbocycles. The molecule has 5 heteroatoms. The number of hydrogen-bond acceptors (Lipinski definition) is 4. The van der Waals surface area contributed by atoms with Crippen LogP contribution in [0.2, 0.25) is 0 Å². The Hall–Kier alpha value is -1.20. The Morgan fingerprint density at radius 2 is 2.46 bits per heavy atom. The van der Waals surface area contributed by atoms with Gasteiger partial charge in [-0.25, -0.2) is 5.43 Å². The summed E-state index contributed by atoms with van der Waals surface area (Å²) in [5.74, 6) is 0. The van der Waals surface area contributed by atoms with Crippen molar-refractivity contribution >= 4 is 17.4 Å². The van der Waals surface area contributed by atoms with Gasteiger partial charge in [0.2, 0.25) is 0 Å². The summed E-state index contributed by atoms with van der Waals surface area (Å²) >= 11 is 4.75. The molecule has 1 aromatic heterocycles. The van der Waals surface area contributed by atoms with E-state index in [4.69, 9.17) is 17.0 Å². The third-order valence-electron chi connectivity index (χ3n) is 1.37. The van der Waals surface area contributed by atoms with E-state index in [1.165, 1.54) is 7.11 Å². The van der Waals surface area contributed by atoms with E-state index in [1.54, 1.807) is 6.20 Å². The predicted molar refractivity (Wildman–Crippen MR) is 53.8 cm³/mol. The second-order valence-electron chi connectivity index (χ2n) is 2.29. The Bertz CT molecular complexity index is 265. The predicted octanol–water partition coefficient (Wildman–Crippen LogP) is 0.607. The number of aromatic nitrogens is 1. The van der Waals surface area contributed by atoms with Crippen LogP contribution in [0.4, 0.5) is 0 Å². The first-order valence-corrected chi connectivity index (χ1v) is 4.20. The topological polar surface area (TPSA) is 46.2 Å². The summed E-state index contributed by atoms with van der Waals surface area (Å²) in [6.45, 7) is 0.602. The third kappa shape index (κ3) is 3.82. The van der Waals surface area contributed by atoms with Crippen LogP contribution in [0.5, 0.6) is 0 Å². The summed E-state index contributed by atoms with van der Waals surface area (Å²) in [6.07, 6.45) is 1.74. The molecule has 0 aliphatic rings. The summed E-state index contributed by atoms with van der Waals surface area (Å²) in [4.78, 5) is 4.11. The van der Waals surface area contributed by atoms with Crippen molar-refractivity contribution in [2.24, 2.45) is 0 Å². The zero-order valence-corrected chi connectivity index (χ0v) is 8.10. The molecule has 4 nitrogen and oxygen atoms in total. The maximum Gasteiger partial charge on any atom is 0.271 e. The largest absolute Gasteiger partial charge is 0.473 e. The lowest BCUT2D eigenvalue weighted by molar-refractivity contribution is 0.380. The Balaban J connectivity index is 2.24. The van der Waals surface area contributed by atoms with Crippen molar-refractivity contribution in [1.29, 1.82) is 0 Å². The van der Waals surface area contributed by atoms with Gasteiger partial charge in [-0.1, -0.05) is 6.07 Å². The molecular weight excluding hydrogens is 186 g/mol. The highest BCUT2D eigenvalue weighted by Gasteiger charge is 1.93. The summed E-state index contributed by atoms with van der Waals surface area (Å²) in [5.41, 5.74) is 6.51. The monoisotopic (exact) mass is 197 g/mol. The number of methoxy groups -OCH3 is 1. The van der Waals surface area contributed by atoms with E-state index in [1.807, 2.05) is 18.2 Å². The van der Waals surface area contributed by atoms with Gasteiger partial charge in [0, 0.05) is 6.20 Å². The van der Waals surface area contributed by atoms with Crippen LogP contribution in [0.15, 0.2) is 24.4 Å². The first kappa shape index (κ1) is 9.88. The second-order valence-corrected chi connectivity index (χ2v) is 2.66. The highest BCUT2D eigenvalue weighted by molar-refractivity contribution is 7.80. The molecule has 0 aliphatic heterocycles. The van der Waals surface area contributed by atoms with Crippen LogP contribution in [-0.4, -0.2) is 17.3 Å². The van der Waals surface area contributed by atoms with Crippen molar-refractivity contribution in [1.82, 2.24) is 15.8 Å². The Morgan fingerprint density at radius 3 is 3.08 bits per heavy atom. The number of hydrogen-bond donors (Lipinski definition) is 2. The van der Waals surface area contributed by atoms with E-state index in [0.29, 0.717) is 11.7 Å². The van der Waals surface area contributed by atoms with Gasteiger partial charge in [0.15, 0.2) is 0 Å². The van der Waals surface area contributed by atoms with Crippen molar-refractivity contribution in [3.8, 4) is 0 Å². The minimum Gasteiger partial charge on any atom is -0.473 e. The Morgan fingerprint density at radius 1 is 1.62 bits per heavy atom. The summed E-state index contributed by atoms with van der Waals surface area (Å²) in [5, 5.41) is 0.316. The number of hydrazine groups is 1. The highest BCUT2D eigenvalue weighted by atomic mass is 32.1. The van der Waals surface area contributed by atoms with Crippen molar-refractivity contribution < 1.29 is 4.74 Å². The second kappa shape index (κ2) is 5.45. The van der Waals surface area contributed by atoms with Gasteiger partial charge in [-0.15, -0.1) is 0 Å². The lowest BCUT2D eigenvalue weighted by Crippen LogP contribution is -2.36. The van der Waals surface area contributed by atoms with Crippen LogP contribution in [0.1, 0.15) is 5.69 Å². The van der Waals surface area contributed by atoms with Gasteiger partial charge in [0.1, 0.15) is 0 Å². The van der Waals surface area contributed by atoms with Gasteiger partial charge in [-0.05, 0) is 24.4 Å². The van der Waals surface area contributed by atoms with Crippen molar-refractivity contribution in [2.45, 2.75) is 6.54 Å². The molecule has 1 heterocycles. The van der Waals surface area contributed by atoms with E-state index in [-0.39, 0.29) is 0 Å². The molecule has 70 valence electrons. The molecule has 0 saturated heterocycles. The van der Waals surface area contributed by atoms with Gasteiger partial charge in [-0.2, -0.15) is 0 Å². The smallest absolute Gasteiger partial charge is 0.271 e. The van der Waals surface area contributed by atoms with E-state index < -0.39 is 0 Å². The quantitative estimate of drug-likeness (QED) is 0.549. The number of nitrogens with one attached hydrogen (secondary N) is 2. The van der Waals surface area contributed by atoms with Gasteiger partial charge >= 0.3 is 0 Å². The van der Waals surface area contributed by atoms with Crippen LogP contribution in [-0.2, 0) is 11.3 Å². The fraction of sp³-hybridized carbons (Fsp3) is 0.250. The van der Waals surface area contributed by atoms with Crippen molar-refractivity contribution in [3.63, 3.8) is 0 Å². The molecular formula is C8H11N3OS. The van der Waals surface area contributed by atoms with E-state index in [9.17, 15) is 0 Å². The molecule has 0 radical (unpaired) electrons. The summed E-state index contributed by atoms with van der Waals surface area (Å²) in [7, 11) is 1.51. The lowest BCUT2D eigenvalue weighted by atomic mass is 10.4. The van der Waals surface area contributed by atoms with Gasteiger partial charge in [-0.3, -0.25) is 10.4 Å². The fourth-order valence-electron chi connectivity index (χ4n) is 0.761. The molecule has 0 bridgehead atoms. The average Bonchev–Trinajstić information content (AvgIpc) is 2.19. The van der Waals surface area contributed by atoms with Gasteiger partial charge in [0.25, 0.3) is 5.17 Å². The molecule has 0 amide bonds. The zero-order valence-electron chi connectivity index (χ0n) is 7.28. The Kier molecular flexibility index (Phi) is 4.14. The van der Waals surface area contributed by atoms with Crippen LogP contribution in [0, 0.1) is 0 Å². The minimum atomic E-state index is 0.316. The SMILES string of the molecule is COC(=S)NNCc1ccccn1. The van der Waals surface area contributed by atoms with Crippen LogP contribution >= 0.6 is 12.2 Å². The van der Waals surface area contributed by atoms with E-state index >= 15 is 0 Å². The minimum absolute atomic E-state index is 0.316. The van der Waals surface area contributed by atoms with Crippen molar-refractivity contribution in [2.75, 3.05) is 7.11 Å². The third-order valence-corrected chi connectivity index (χ3v) is 1.64.